The minimum Gasteiger partial charge on any atom is -0.481 e. The van der Waals surface area contributed by atoms with Crippen LogP contribution in [0.3, 0.4) is 0 Å². The Labute approximate surface area is 161 Å². The summed E-state index contributed by atoms with van der Waals surface area (Å²) in [4.78, 5) is 46.0. The fourth-order valence-corrected chi connectivity index (χ4v) is 5.63. The van der Waals surface area contributed by atoms with E-state index < -0.39 is 29.7 Å². The smallest absolute Gasteiger partial charge is 0.306 e. The third-order valence-electron chi connectivity index (χ3n) is 4.21. The molecule has 1 saturated heterocycles. The van der Waals surface area contributed by atoms with Gasteiger partial charge in [-0.2, -0.15) is 0 Å². The fraction of sp³-hybridized carbons (Fsp3) is 0.765. The number of hydrogen-bond donors (Lipinski definition) is 3. The van der Waals surface area contributed by atoms with Crippen molar-refractivity contribution in [3.05, 3.63) is 0 Å². The third kappa shape index (κ3) is 9.47. The van der Waals surface area contributed by atoms with Crippen LogP contribution in [0.25, 0.3) is 0 Å². The lowest BCUT2D eigenvalue weighted by molar-refractivity contribution is -0.143. The number of unbranched alkanes of at least 4 members (excludes halogenated alkanes) is 1. The maximum atomic E-state index is 12.2. The fourth-order valence-electron chi connectivity index (χ4n) is 2.60. The van der Waals surface area contributed by atoms with Crippen molar-refractivity contribution in [1.29, 1.82) is 0 Å². The molecular weight excluding hydrogens is 378 g/mol. The summed E-state index contributed by atoms with van der Waals surface area (Å²) in [6.07, 6.45) is 3.72. The van der Waals surface area contributed by atoms with Crippen molar-refractivity contribution in [3.63, 3.8) is 0 Å². The highest BCUT2D eigenvalue weighted by Gasteiger charge is 2.25. The molecule has 148 valence electrons. The lowest BCUT2D eigenvalue weighted by Gasteiger charge is -2.18. The van der Waals surface area contributed by atoms with E-state index in [0.29, 0.717) is 5.25 Å². The molecule has 1 amide bonds. The molecule has 0 radical (unpaired) electrons. The summed E-state index contributed by atoms with van der Waals surface area (Å²) in [6, 6.07) is -0.942. The Morgan fingerprint density at radius 1 is 1.15 bits per heavy atom. The Hall–Kier alpha value is -1.22. The monoisotopic (exact) mass is 405 g/mol. The van der Waals surface area contributed by atoms with Gasteiger partial charge in [0, 0.05) is 30.3 Å². The summed E-state index contributed by atoms with van der Waals surface area (Å²) >= 11 is 0. The number of carboxylic acids is 2. The number of rotatable bonds is 13. The van der Waals surface area contributed by atoms with Gasteiger partial charge in [-0.25, -0.2) is 0 Å². The number of hydrogen-bond acceptors (Lipinski definition) is 6. The Balaban J connectivity index is 2.41. The van der Waals surface area contributed by atoms with Gasteiger partial charge in [-0.1, -0.05) is 34.9 Å². The first-order valence-electron chi connectivity index (χ1n) is 8.84. The summed E-state index contributed by atoms with van der Waals surface area (Å²) < 4.78 is 0. The molecule has 3 N–H and O–H groups in total. The molecule has 1 fully saturated rings. The van der Waals surface area contributed by atoms with Crippen molar-refractivity contribution in [2.45, 2.75) is 69.6 Å². The van der Waals surface area contributed by atoms with Gasteiger partial charge in [-0.3, -0.25) is 19.2 Å². The van der Waals surface area contributed by atoms with Gasteiger partial charge in [0.2, 0.25) is 5.91 Å². The molecule has 0 saturated carbocycles. The summed E-state index contributed by atoms with van der Waals surface area (Å²) in [5.41, 5.74) is 0. The molecule has 0 aromatic heterocycles. The molecule has 1 heterocycles. The van der Waals surface area contributed by atoms with Crippen molar-refractivity contribution in [2.75, 3.05) is 5.75 Å². The molecule has 0 aromatic rings. The number of ketones is 1. The minimum absolute atomic E-state index is 0.0256. The van der Waals surface area contributed by atoms with Crippen molar-refractivity contribution in [1.82, 2.24) is 5.32 Å². The van der Waals surface area contributed by atoms with Crippen LogP contribution < -0.4 is 5.32 Å². The van der Waals surface area contributed by atoms with Crippen LogP contribution in [0, 0.1) is 5.92 Å². The summed E-state index contributed by atoms with van der Waals surface area (Å²) in [5, 5.41) is 21.0. The summed E-state index contributed by atoms with van der Waals surface area (Å²) in [6.45, 7) is 1.41. The highest BCUT2D eigenvalue weighted by Crippen LogP contribution is 2.39. The zero-order valence-corrected chi connectivity index (χ0v) is 16.6. The predicted molar refractivity (Wildman–Crippen MR) is 102 cm³/mol. The average Bonchev–Trinajstić information content (AvgIpc) is 3.08. The van der Waals surface area contributed by atoms with E-state index in [2.05, 4.69) is 5.32 Å². The number of aliphatic carboxylic acids is 2. The van der Waals surface area contributed by atoms with E-state index in [1.165, 1.54) is 19.1 Å². The van der Waals surface area contributed by atoms with Crippen LogP contribution in [-0.4, -0.2) is 50.9 Å². The van der Waals surface area contributed by atoms with Gasteiger partial charge < -0.3 is 15.5 Å². The maximum Gasteiger partial charge on any atom is 0.306 e. The predicted octanol–water partition coefficient (Wildman–Crippen LogP) is 2.73. The quantitative estimate of drug-likeness (QED) is 0.316. The Morgan fingerprint density at radius 3 is 2.46 bits per heavy atom. The number of nitrogens with one attached hydrogen (secondary N) is 1. The van der Waals surface area contributed by atoms with Crippen LogP contribution in [0.2, 0.25) is 0 Å². The van der Waals surface area contributed by atoms with E-state index in [-0.39, 0.29) is 31.6 Å². The van der Waals surface area contributed by atoms with Gasteiger partial charge in [0.1, 0.15) is 0 Å². The van der Waals surface area contributed by atoms with E-state index in [1.807, 2.05) is 21.6 Å². The van der Waals surface area contributed by atoms with E-state index in [1.54, 1.807) is 0 Å². The molecule has 9 heteroatoms. The first-order chi connectivity index (χ1) is 12.3. The van der Waals surface area contributed by atoms with E-state index in [9.17, 15) is 19.2 Å². The molecule has 1 aliphatic rings. The average molecular weight is 406 g/mol. The highest BCUT2D eigenvalue weighted by atomic mass is 33.1. The number of carbonyl (C=O) groups is 4. The molecule has 0 aromatic carbocycles. The van der Waals surface area contributed by atoms with Crippen molar-refractivity contribution < 1.29 is 29.4 Å². The lowest BCUT2D eigenvalue weighted by atomic mass is 9.97. The van der Waals surface area contributed by atoms with Crippen LogP contribution in [0.15, 0.2) is 0 Å². The van der Waals surface area contributed by atoms with Gasteiger partial charge in [0.25, 0.3) is 0 Å². The zero-order valence-electron chi connectivity index (χ0n) is 14.9. The van der Waals surface area contributed by atoms with E-state index >= 15 is 0 Å². The van der Waals surface area contributed by atoms with Crippen molar-refractivity contribution >= 4 is 45.2 Å². The van der Waals surface area contributed by atoms with Crippen LogP contribution in [0.1, 0.15) is 58.3 Å². The second kappa shape index (κ2) is 12.2. The van der Waals surface area contributed by atoms with E-state index in [0.717, 1.165) is 19.3 Å². The van der Waals surface area contributed by atoms with Crippen molar-refractivity contribution in [2.24, 2.45) is 5.92 Å². The molecule has 1 aliphatic heterocycles. The Bertz CT molecular complexity index is 507. The summed E-state index contributed by atoms with van der Waals surface area (Å²) in [5.74, 6) is -2.56. The first-order valence-corrected chi connectivity index (χ1v) is 11.2. The summed E-state index contributed by atoms with van der Waals surface area (Å²) in [7, 11) is 3.78. The molecule has 3 atom stereocenters. The van der Waals surface area contributed by atoms with Crippen LogP contribution in [-0.2, 0) is 19.2 Å². The lowest BCUT2D eigenvalue weighted by Crippen LogP contribution is -2.42. The first kappa shape index (κ1) is 22.8. The molecule has 1 rings (SSSR count). The second-order valence-corrected chi connectivity index (χ2v) is 9.32. The van der Waals surface area contributed by atoms with Gasteiger partial charge >= 0.3 is 11.9 Å². The minimum atomic E-state index is -1.09. The van der Waals surface area contributed by atoms with Crippen LogP contribution in [0.5, 0.6) is 0 Å². The SMILES string of the molecule is C[C@H](CC(=O)[C@H](CCC(=O)O)NC(=O)CCCC[C@@H]1CCSS1)C(=O)O. The molecule has 7 nitrogen and oxygen atoms in total. The largest absolute Gasteiger partial charge is 0.481 e. The second-order valence-electron chi connectivity index (χ2n) is 6.54. The molecule has 0 spiro atoms. The van der Waals surface area contributed by atoms with Crippen LogP contribution in [0.4, 0.5) is 0 Å². The van der Waals surface area contributed by atoms with Gasteiger partial charge in [0.05, 0.1) is 12.0 Å². The third-order valence-corrected chi connectivity index (χ3v) is 7.21. The van der Waals surface area contributed by atoms with Gasteiger partial charge in [0.15, 0.2) is 5.78 Å². The van der Waals surface area contributed by atoms with Crippen molar-refractivity contribution in [3.8, 4) is 0 Å². The Kier molecular flexibility index (Phi) is 10.7. The van der Waals surface area contributed by atoms with Crippen LogP contribution >= 0.6 is 21.6 Å². The molecule has 0 aliphatic carbocycles. The zero-order chi connectivity index (χ0) is 19.5. The number of carboxylic acid groups (broad SMARTS) is 2. The van der Waals surface area contributed by atoms with Gasteiger partial charge in [-0.05, 0) is 25.7 Å². The maximum absolute atomic E-state index is 12.2. The molecular formula is C17H27NO6S2. The topological polar surface area (TPSA) is 121 Å². The Morgan fingerprint density at radius 2 is 1.88 bits per heavy atom. The standard InChI is InChI=1S/C17H27NO6S2/c1-11(17(23)24)10-14(19)13(6-7-16(21)22)18-15(20)5-3-2-4-12-8-9-25-26-12/h11-13H,2-10H2,1H3,(H,18,20)(H,21,22)(H,23,24)/t11-,12-,13+/m1/s1. The molecule has 0 bridgehead atoms. The normalized spacial score (nSPS) is 18.9. The van der Waals surface area contributed by atoms with Gasteiger partial charge in [-0.15, -0.1) is 0 Å². The number of amides is 1. The molecule has 0 unspecified atom stereocenters. The molecule has 26 heavy (non-hydrogen) atoms. The van der Waals surface area contributed by atoms with E-state index in [4.69, 9.17) is 10.2 Å². The number of Topliss-reactive ketones (excluding diaryl/α,β-unsaturated/α-hetero) is 1. The highest BCUT2D eigenvalue weighted by molar-refractivity contribution is 8.77. The number of carbonyl (C=O) groups excluding carboxylic acids is 2.